The van der Waals surface area contributed by atoms with Gasteiger partial charge in [0.05, 0.1) is 23.2 Å². The Morgan fingerprint density at radius 3 is 1.83 bits per heavy atom. The molecule has 0 saturated heterocycles. The van der Waals surface area contributed by atoms with Crippen LogP contribution in [0.3, 0.4) is 0 Å². The van der Waals surface area contributed by atoms with Crippen LogP contribution in [0.15, 0.2) is 53.4 Å². The van der Waals surface area contributed by atoms with E-state index < -0.39 is 22.2 Å². The Hall–Kier alpha value is -2.17. The smallest absolute Gasteiger partial charge is 0.264 e. The number of rotatable bonds is 12. The summed E-state index contributed by atoms with van der Waals surface area (Å²) in [4.78, 5) is 0.152. The fraction of sp³-hybridized carbons (Fsp3) is 0.556. The summed E-state index contributed by atoms with van der Waals surface area (Å²) in [6.45, 7) is 14.5. The Balaban J connectivity index is 2.20. The van der Waals surface area contributed by atoms with Crippen LogP contribution in [-0.4, -0.2) is 68.2 Å². The third kappa shape index (κ3) is 10.1. The van der Waals surface area contributed by atoms with Gasteiger partial charge in [0, 0.05) is 24.2 Å². The van der Waals surface area contributed by atoms with Gasteiger partial charge in [0.25, 0.3) is 10.0 Å². The Bertz CT molecular complexity index is 1040. The second-order valence-electron chi connectivity index (χ2n) is 11.2. The molecule has 0 aromatic heterocycles. The van der Waals surface area contributed by atoms with Crippen molar-refractivity contribution in [3.8, 4) is 5.75 Å². The first-order chi connectivity index (χ1) is 16.6. The lowest BCUT2D eigenvalue weighted by Crippen LogP contribution is -2.46. The number of hydrogen-bond acceptors (Lipinski definition) is 7. The van der Waals surface area contributed by atoms with Crippen molar-refractivity contribution in [2.24, 2.45) is 0 Å². The van der Waals surface area contributed by atoms with E-state index >= 15 is 0 Å². The molecule has 2 rings (SSSR count). The molecule has 0 fully saturated rings. The maximum atomic E-state index is 13.6. The van der Waals surface area contributed by atoms with Gasteiger partial charge in [-0.1, -0.05) is 17.7 Å². The number of nitrogens with one attached hydrogen (secondary N) is 2. The molecule has 0 unspecified atom stereocenters. The summed E-state index contributed by atoms with van der Waals surface area (Å²) < 4.78 is 34.0. The highest BCUT2D eigenvalue weighted by Gasteiger charge is 2.28. The number of ether oxygens (including phenoxy) is 1. The second kappa shape index (κ2) is 12.4. The zero-order chi connectivity index (χ0) is 27.1. The topological polar surface area (TPSA) is 111 Å². The highest BCUT2D eigenvalue weighted by molar-refractivity contribution is 7.92. The first-order valence-corrected chi connectivity index (χ1v) is 13.7. The molecule has 0 saturated carbocycles. The van der Waals surface area contributed by atoms with Crippen molar-refractivity contribution in [2.45, 2.75) is 76.6 Å². The maximum Gasteiger partial charge on any atom is 0.264 e. The minimum Gasteiger partial charge on any atom is -0.491 e. The van der Waals surface area contributed by atoms with Crippen LogP contribution in [0, 0.1) is 6.92 Å². The SMILES string of the molecule is Cc1ccc(S(=O)(=O)N(C[C@@H](O)CNC(C)(C)C)c2ccc(OC[C@H](O)CNC(C)(C)C)cc2)cc1. The number of hydrogen-bond donors (Lipinski definition) is 4. The Labute approximate surface area is 216 Å². The van der Waals surface area contributed by atoms with E-state index in [1.165, 1.54) is 4.31 Å². The van der Waals surface area contributed by atoms with E-state index in [0.29, 0.717) is 18.0 Å². The number of aliphatic hydroxyl groups excluding tert-OH is 2. The van der Waals surface area contributed by atoms with Crippen molar-refractivity contribution >= 4 is 15.7 Å². The molecule has 0 aliphatic carbocycles. The molecule has 8 nitrogen and oxygen atoms in total. The molecule has 0 heterocycles. The summed E-state index contributed by atoms with van der Waals surface area (Å²) in [7, 11) is -3.92. The fourth-order valence-electron chi connectivity index (χ4n) is 3.24. The van der Waals surface area contributed by atoms with Crippen LogP contribution in [0.5, 0.6) is 5.75 Å². The normalized spacial score (nSPS) is 14.4. The van der Waals surface area contributed by atoms with Crippen LogP contribution in [0.4, 0.5) is 5.69 Å². The van der Waals surface area contributed by atoms with Gasteiger partial charge in [-0.25, -0.2) is 8.42 Å². The summed E-state index contributed by atoms with van der Waals surface area (Å²) in [6, 6.07) is 13.3. The van der Waals surface area contributed by atoms with Crippen LogP contribution in [0.2, 0.25) is 0 Å². The largest absolute Gasteiger partial charge is 0.491 e. The molecule has 0 amide bonds. The molecular formula is C27H43N3O5S. The Morgan fingerprint density at radius 2 is 1.33 bits per heavy atom. The minimum atomic E-state index is -3.92. The van der Waals surface area contributed by atoms with Gasteiger partial charge >= 0.3 is 0 Å². The van der Waals surface area contributed by atoms with E-state index in [1.807, 2.05) is 48.5 Å². The number of nitrogens with zero attached hydrogens (tertiary/aromatic N) is 1. The summed E-state index contributed by atoms with van der Waals surface area (Å²) >= 11 is 0. The van der Waals surface area contributed by atoms with Crippen molar-refractivity contribution in [2.75, 3.05) is 30.5 Å². The number of anilines is 1. The van der Waals surface area contributed by atoms with Crippen molar-refractivity contribution in [3.05, 3.63) is 54.1 Å². The van der Waals surface area contributed by atoms with Gasteiger partial charge in [0.15, 0.2) is 0 Å². The molecule has 4 N–H and O–H groups in total. The van der Waals surface area contributed by atoms with E-state index in [-0.39, 0.29) is 35.7 Å². The van der Waals surface area contributed by atoms with Crippen molar-refractivity contribution in [1.82, 2.24) is 10.6 Å². The van der Waals surface area contributed by atoms with E-state index in [0.717, 1.165) is 5.56 Å². The summed E-state index contributed by atoms with van der Waals surface area (Å²) in [5.41, 5.74) is 1.04. The Morgan fingerprint density at radius 1 is 0.833 bits per heavy atom. The van der Waals surface area contributed by atoms with E-state index in [4.69, 9.17) is 4.74 Å². The summed E-state index contributed by atoms with van der Waals surface area (Å²) in [5.74, 6) is 0.510. The molecule has 36 heavy (non-hydrogen) atoms. The highest BCUT2D eigenvalue weighted by atomic mass is 32.2. The van der Waals surface area contributed by atoms with Crippen LogP contribution >= 0.6 is 0 Å². The van der Waals surface area contributed by atoms with E-state index in [9.17, 15) is 18.6 Å². The number of aryl methyl sites for hydroxylation is 1. The number of benzene rings is 2. The molecule has 0 radical (unpaired) electrons. The quantitative estimate of drug-likeness (QED) is 0.340. The molecule has 0 aliphatic rings. The average molecular weight is 522 g/mol. The number of β-amino-alcohol motifs (C(OH)–C–C–N with tert-alkyl or cyclic N) is 2. The van der Waals surface area contributed by atoms with Crippen molar-refractivity contribution < 1.29 is 23.4 Å². The van der Waals surface area contributed by atoms with Gasteiger partial charge in [-0.3, -0.25) is 4.31 Å². The molecule has 2 aromatic carbocycles. The fourth-order valence-corrected chi connectivity index (χ4v) is 4.75. The third-order valence-corrected chi connectivity index (χ3v) is 7.10. The molecule has 9 heteroatoms. The molecule has 2 aromatic rings. The zero-order valence-corrected chi connectivity index (χ0v) is 23.4. The van der Waals surface area contributed by atoms with Gasteiger partial charge in [-0.15, -0.1) is 0 Å². The van der Waals surface area contributed by atoms with Crippen LogP contribution in [-0.2, 0) is 10.0 Å². The molecule has 0 aliphatic heterocycles. The lowest BCUT2D eigenvalue weighted by molar-refractivity contribution is 0.100. The third-order valence-electron chi connectivity index (χ3n) is 5.29. The number of sulfonamides is 1. The van der Waals surface area contributed by atoms with Gasteiger partial charge in [-0.05, 0) is 84.9 Å². The first-order valence-electron chi connectivity index (χ1n) is 12.3. The highest BCUT2D eigenvalue weighted by Crippen LogP contribution is 2.26. The van der Waals surface area contributed by atoms with Gasteiger partial charge in [-0.2, -0.15) is 0 Å². The lowest BCUT2D eigenvalue weighted by Gasteiger charge is -2.29. The maximum absolute atomic E-state index is 13.6. The first kappa shape index (κ1) is 30.1. The van der Waals surface area contributed by atoms with Crippen LogP contribution < -0.4 is 19.7 Å². The molecule has 2 atom stereocenters. The summed E-state index contributed by atoms with van der Waals surface area (Å²) in [5, 5.41) is 27.3. The van der Waals surface area contributed by atoms with Gasteiger partial charge in [0.1, 0.15) is 18.5 Å². The van der Waals surface area contributed by atoms with Crippen LogP contribution in [0.1, 0.15) is 47.1 Å². The predicted molar refractivity (Wildman–Crippen MR) is 145 cm³/mol. The minimum absolute atomic E-state index is 0.102. The van der Waals surface area contributed by atoms with Crippen molar-refractivity contribution in [3.63, 3.8) is 0 Å². The van der Waals surface area contributed by atoms with Crippen LogP contribution in [0.25, 0.3) is 0 Å². The molecular weight excluding hydrogens is 478 g/mol. The number of aliphatic hydroxyl groups is 2. The van der Waals surface area contributed by atoms with E-state index in [1.54, 1.807) is 48.5 Å². The standard InChI is InChI=1S/C27H43N3O5S/c1-20-8-14-25(15-9-20)36(33,34)30(18-22(31)16-28-26(2,3)4)21-10-12-24(13-11-21)35-19-23(32)17-29-27(5,6)7/h8-15,22-23,28-29,31-32H,16-19H2,1-7H3/t22-,23+/m0/s1. The molecule has 0 bridgehead atoms. The summed E-state index contributed by atoms with van der Waals surface area (Å²) in [6.07, 6.45) is -1.61. The Kier molecular flexibility index (Phi) is 10.3. The predicted octanol–water partition coefficient (Wildman–Crippen LogP) is 3.07. The average Bonchev–Trinajstić information content (AvgIpc) is 2.78. The molecule has 202 valence electrons. The van der Waals surface area contributed by atoms with Gasteiger partial charge in [0.2, 0.25) is 0 Å². The molecule has 0 spiro atoms. The van der Waals surface area contributed by atoms with E-state index in [2.05, 4.69) is 10.6 Å². The van der Waals surface area contributed by atoms with Crippen molar-refractivity contribution in [1.29, 1.82) is 0 Å². The monoisotopic (exact) mass is 521 g/mol. The zero-order valence-electron chi connectivity index (χ0n) is 22.6. The van der Waals surface area contributed by atoms with Gasteiger partial charge < -0.3 is 25.6 Å². The second-order valence-corrected chi connectivity index (χ2v) is 13.1. The lowest BCUT2D eigenvalue weighted by atomic mass is 10.1.